The van der Waals surface area contributed by atoms with Crippen molar-refractivity contribution in [1.29, 1.82) is 0 Å². The van der Waals surface area contributed by atoms with Crippen LogP contribution in [-0.2, 0) is 15.0 Å². The van der Waals surface area contributed by atoms with Crippen LogP contribution in [0, 0.1) is 17.8 Å². The fraction of sp³-hybridized carbons (Fsp3) is 0.933. The summed E-state index contributed by atoms with van der Waals surface area (Å²) in [6.45, 7) is 0.825. The minimum Gasteiger partial charge on any atom is -0.353 e. The molecule has 1 heterocycles. The van der Waals surface area contributed by atoms with Crippen molar-refractivity contribution in [1.82, 2.24) is 13.9 Å². The van der Waals surface area contributed by atoms with Crippen molar-refractivity contribution >= 4 is 16.1 Å². The van der Waals surface area contributed by atoms with Crippen LogP contribution < -0.4 is 5.32 Å². The zero-order chi connectivity index (χ0) is 15.9. The van der Waals surface area contributed by atoms with Crippen LogP contribution in [0.15, 0.2) is 0 Å². The molecule has 126 valence electrons. The normalized spacial score (nSPS) is 36.0. The van der Waals surface area contributed by atoms with Crippen LogP contribution in [0.5, 0.6) is 0 Å². The number of piperidine rings is 1. The van der Waals surface area contributed by atoms with Crippen LogP contribution in [0.2, 0.25) is 0 Å². The van der Waals surface area contributed by atoms with Crippen LogP contribution in [0.25, 0.3) is 0 Å². The lowest BCUT2D eigenvalue weighted by molar-refractivity contribution is -0.127. The fourth-order valence-corrected chi connectivity index (χ4v) is 5.51. The molecule has 3 rings (SSSR count). The monoisotopic (exact) mass is 329 g/mol. The van der Waals surface area contributed by atoms with Gasteiger partial charge in [-0.15, -0.1) is 0 Å². The fourth-order valence-electron chi connectivity index (χ4n) is 4.32. The molecule has 0 aromatic heterocycles. The molecule has 0 aromatic rings. The van der Waals surface area contributed by atoms with Crippen LogP contribution in [0.3, 0.4) is 0 Å². The van der Waals surface area contributed by atoms with Gasteiger partial charge in [-0.05, 0) is 43.9 Å². The van der Waals surface area contributed by atoms with E-state index in [0.717, 1.165) is 25.2 Å². The zero-order valence-corrected chi connectivity index (χ0v) is 14.3. The summed E-state index contributed by atoms with van der Waals surface area (Å²) >= 11 is 0. The van der Waals surface area contributed by atoms with Crippen molar-refractivity contribution < 1.29 is 13.2 Å². The minimum atomic E-state index is -3.42. The van der Waals surface area contributed by atoms with Crippen molar-refractivity contribution in [2.75, 3.05) is 27.2 Å². The number of carbonyl (C=O) groups excluding carboxylic acids is 1. The molecule has 0 aromatic carbocycles. The first-order valence-electron chi connectivity index (χ1n) is 8.36. The topological polar surface area (TPSA) is 69.7 Å². The van der Waals surface area contributed by atoms with Gasteiger partial charge in [0, 0.05) is 33.2 Å². The molecule has 1 saturated heterocycles. The van der Waals surface area contributed by atoms with E-state index in [1.54, 1.807) is 0 Å². The highest BCUT2D eigenvalue weighted by Crippen LogP contribution is 2.44. The highest BCUT2D eigenvalue weighted by molar-refractivity contribution is 7.86. The number of hydrogen-bond acceptors (Lipinski definition) is 3. The second-order valence-electron chi connectivity index (χ2n) is 7.28. The summed E-state index contributed by atoms with van der Waals surface area (Å²) in [6, 6.07) is 0.326. The molecule has 0 radical (unpaired) electrons. The van der Waals surface area contributed by atoms with E-state index in [1.165, 1.54) is 42.0 Å². The van der Waals surface area contributed by atoms with Crippen molar-refractivity contribution in [2.24, 2.45) is 17.8 Å². The van der Waals surface area contributed by atoms with Crippen molar-refractivity contribution in [2.45, 2.75) is 44.6 Å². The summed E-state index contributed by atoms with van der Waals surface area (Å²) in [7, 11) is -0.343. The first-order chi connectivity index (χ1) is 10.4. The van der Waals surface area contributed by atoms with Gasteiger partial charge in [0.25, 0.3) is 10.2 Å². The maximum absolute atomic E-state index is 12.5. The quantitative estimate of drug-likeness (QED) is 0.830. The van der Waals surface area contributed by atoms with Gasteiger partial charge in [0.1, 0.15) is 0 Å². The molecule has 2 aliphatic carbocycles. The van der Waals surface area contributed by atoms with Crippen LogP contribution >= 0.6 is 0 Å². The van der Waals surface area contributed by atoms with Gasteiger partial charge in [0.05, 0.1) is 5.92 Å². The Morgan fingerprint density at radius 2 is 1.95 bits per heavy atom. The van der Waals surface area contributed by atoms with Crippen LogP contribution in [0.4, 0.5) is 0 Å². The van der Waals surface area contributed by atoms with Gasteiger partial charge in [0.15, 0.2) is 0 Å². The number of nitrogens with zero attached hydrogens (tertiary/aromatic N) is 2. The molecule has 0 spiro atoms. The largest absolute Gasteiger partial charge is 0.353 e. The van der Waals surface area contributed by atoms with Gasteiger partial charge in [-0.2, -0.15) is 17.0 Å². The highest BCUT2D eigenvalue weighted by atomic mass is 32.2. The van der Waals surface area contributed by atoms with Crippen molar-refractivity contribution in [3.63, 3.8) is 0 Å². The molecule has 1 aliphatic heterocycles. The smallest absolute Gasteiger partial charge is 0.281 e. The molecular weight excluding hydrogens is 302 g/mol. The minimum absolute atomic E-state index is 0.0520. The predicted octanol–water partition coefficient (Wildman–Crippen LogP) is 0.810. The van der Waals surface area contributed by atoms with E-state index < -0.39 is 10.2 Å². The third-order valence-corrected chi connectivity index (χ3v) is 7.52. The Hall–Kier alpha value is -0.660. The summed E-state index contributed by atoms with van der Waals surface area (Å²) in [5.41, 5.74) is 0. The molecule has 22 heavy (non-hydrogen) atoms. The predicted molar refractivity (Wildman–Crippen MR) is 84.3 cm³/mol. The highest BCUT2D eigenvalue weighted by Gasteiger charge is 2.41. The molecule has 6 nitrogen and oxygen atoms in total. The molecule has 1 amide bonds. The second kappa shape index (κ2) is 6.09. The SMILES string of the molecule is CN(C)S(=O)(=O)N1CCC[C@@H](C(=O)N[C@@H]2C[C@H]3CC[C@H]2C3)C1. The molecule has 2 bridgehead atoms. The average molecular weight is 329 g/mol. The zero-order valence-electron chi connectivity index (χ0n) is 13.5. The van der Waals surface area contributed by atoms with E-state index in [1.807, 2.05) is 0 Å². The van der Waals surface area contributed by atoms with E-state index in [9.17, 15) is 13.2 Å². The third-order valence-electron chi connectivity index (χ3n) is 5.61. The van der Waals surface area contributed by atoms with E-state index in [-0.39, 0.29) is 11.8 Å². The Balaban J connectivity index is 1.59. The maximum Gasteiger partial charge on any atom is 0.281 e. The number of nitrogens with one attached hydrogen (secondary N) is 1. The lowest BCUT2D eigenvalue weighted by Gasteiger charge is -2.34. The first kappa shape index (κ1) is 16.2. The summed E-state index contributed by atoms with van der Waals surface area (Å²) in [5, 5.41) is 3.21. The number of rotatable bonds is 4. The average Bonchev–Trinajstić information content (AvgIpc) is 3.09. The Labute approximate surface area is 133 Å². The number of carbonyl (C=O) groups is 1. The van der Waals surface area contributed by atoms with Crippen LogP contribution in [-0.4, -0.2) is 56.2 Å². The summed E-state index contributed by atoms with van der Waals surface area (Å²) in [6.07, 6.45) is 6.46. The standard InChI is InChI=1S/C15H27N3O3S/c1-17(2)22(20,21)18-7-3-4-13(10-18)15(19)16-14-9-11-5-6-12(14)8-11/h11-14H,3-10H2,1-2H3,(H,16,19)/t11-,12-,13+,14+/m0/s1. The van der Waals surface area contributed by atoms with Crippen molar-refractivity contribution in [3.05, 3.63) is 0 Å². The molecular formula is C15H27N3O3S. The molecule has 7 heteroatoms. The Bertz CT molecular complexity index is 534. The summed E-state index contributed by atoms with van der Waals surface area (Å²) in [4.78, 5) is 12.5. The number of hydrogen-bond donors (Lipinski definition) is 1. The lowest BCUT2D eigenvalue weighted by Crippen LogP contribution is -2.50. The van der Waals surface area contributed by atoms with E-state index in [2.05, 4.69) is 5.32 Å². The van der Waals surface area contributed by atoms with E-state index in [4.69, 9.17) is 0 Å². The Morgan fingerprint density at radius 3 is 2.55 bits per heavy atom. The number of fused-ring (bicyclic) bond motifs is 2. The van der Waals surface area contributed by atoms with E-state index in [0.29, 0.717) is 25.0 Å². The first-order valence-corrected chi connectivity index (χ1v) is 9.75. The molecule has 4 atom stereocenters. The van der Waals surface area contributed by atoms with Gasteiger partial charge in [-0.3, -0.25) is 4.79 Å². The lowest BCUT2D eigenvalue weighted by atomic mass is 9.93. The van der Waals surface area contributed by atoms with Gasteiger partial charge in [-0.1, -0.05) is 6.42 Å². The molecule has 2 saturated carbocycles. The maximum atomic E-state index is 12.5. The van der Waals surface area contributed by atoms with Crippen molar-refractivity contribution in [3.8, 4) is 0 Å². The molecule has 3 aliphatic rings. The van der Waals surface area contributed by atoms with Gasteiger partial charge >= 0.3 is 0 Å². The van der Waals surface area contributed by atoms with Gasteiger partial charge < -0.3 is 5.32 Å². The third kappa shape index (κ3) is 3.03. The second-order valence-corrected chi connectivity index (χ2v) is 9.42. The Kier molecular flexibility index (Phi) is 4.49. The number of amides is 1. The Morgan fingerprint density at radius 1 is 1.18 bits per heavy atom. The molecule has 1 N–H and O–H groups in total. The van der Waals surface area contributed by atoms with Gasteiger partial charge in [-0.25, -0.2) is 0 Å². The van der Waals surface area contributed by atoms with Crippen LogP contribution in [0.1, 0.15) is 38.5 Å². The summed E-state index contributed by atoms with van der Waals surface area (Å²) < 4.78 is 27.1. The summed E-state index contributed by atoms with van der Waals surface area (Å²) in [5.74, 6) is 1.30. The van der Waals surface area contributed by atoms with E-state index >= 15 is 0 Å². The molecule has 0 unspecified atom stereocenters. The molecule has 3 fully saturated rings. The van der Waals surface area contributed by atoms with Gasteiger partial charge in [0.2, 0.25) is 5.91 Å².